The van der Waals surface area contributed by atoms with Crippen LogP contribution in [0.4, 0.5) is 15.8 Å². The average Bonchev–Trinajstić information content (AvgIpc) is 3.17. The highest BCUT2D eigenvalue weighted by Crippen LogP contribution is 2.34. The third kappa shape index (κ3) is 3.61. The molecule has 2 heterocycles. The van der Waals surface area contributed by atoms with Crippen molar-refractivity contribution in [1.82, 2.24) is 4.98 Å². The van der Waals surface area contributed by atoms with E-state index < -0.39 is 17.6 Å². The summed E-state index contributed by atoms with van der Waals surface area (Å²) in [6.07, 6.45) is 2.63. The highest BCUT2D eigenvalue weighted by molar-refractivity contribution is 6.08. The van der Waals surface area contributed by atoms with Crippen molar-refractivity contribution in [3.05, 3.63) is 77.9 Å². The van der Waals surface area contributed by atoms with Crippen LogP contribution >= 0.6 is 0 Å². The minimum Gasteiger partial charge on any atom is -0.454 e. The summed E-state index contributed by atoms with van der Waals surface area (Å²) in [5.41, 5.74) is 0.860. The van der Waals surface area contributed by atoms with Crippen LogP contribution in [0.15, 0.2) is 60.9 Å². The fourth-order valence-corrected chi connectivity index (χ4v) is 2.62. The minimum absolute atomic E-state index is 0.0442. The summed E-state index contributed by atoms with van der Waals surface area (Å²) in [6, 6.07) is 12.2. The first kappa shape index (κ1) is 17.5. The first-order chi connectivity index (χ1) is 13.6. The highest BCUT2D eigenvalue weighted by Gasteiger charge is 2.16. The summed E-state index contributed by atoms with van der Waals surface area (Å²) in [7, 11) is 0. The number of amides is 2. The fourth-order valence-electron chi connectivity index (χ4n) is 2.62. The molecule has 0 bridgehead atoms. The molecule has 0 fully saturated rings. The van der Waals surface area contributed by atoms with Gasteiger partial charge in [0.15, 0.2) is 11.5 Å². The van der Waals surface area contributed by atoms with Gasteiger partial charge in [-0.2, -0.15) is 0 Å². The van der Waals surface area contributed by atoms with Crippen LogP contribution in [0.2, 0.25) is 0 Å². The summed E-state index contributed by atoms with van der Waals surface area (Å²) >= 11 is 0. The lowest BCUT2D eigenvalue weighted by Crippen LogP contribution is -2.16. The van der Waals surface area contributed by atoms with Gasteiger partial charge in [0.05, 0.1) is 16.8 Å². The van der Waals surface area contributed by atoms with E-state index in [0.717, 1.165) is 0 Å². The minimum atomic E-state index is -0.574. The maximum absolute atomic E-state index is 13.7. The molecule has 4 rings (SSSR count). The topological polar surface area (TPSA) is 89.6 Å². The van der Waals surface area contributed by atoms with Gasteiger partial charge in [-0.3, -0.25) is 14.6 Å². The maximum atomic E-state index is 13.7. The third-order valence-corrected chi connectivity index (χ3v) is 4.02. The molecule has 140 valence electrons. The molecule has 0 saturated carbocycles. The van der Waals surface area contributed by atoms with E-state index in [0.29, 0.717) is 17.2 Å². The predicted octanol–water partition coefficient (Wildman–Crippen LogP) is 3.45. The van der Waals surface area contributed by atoms with Crippen molar-refractivity contribution >= 4 is 23.2 Å². The van der Waals surface area contributed by atoms with Crippen molar-refractivity contribution in [2.45, 2.75) is 0 Å². The van der Waals surface area contributed by atoms with E-state index in [1.54, 1.807) is 24.3 Å². The average molecular weight is 379 g/mol. The second-order valence-corrected chi connectivity index (χ2v) is 5.92. The Hall–Kier alpha value is -3.94. The number of nitrogens with one attached hydrogen (secondary N) is 2. The molecule has 0 radical (unpaired) electrons. The molecule has 28 heavy (non-hydrogen) atoms. The van der Waals surface area contributed by atoms with E-state index in [9.17, 15) is 14.0 Å². The van der Waals surface area contributed by atoms with Crippen molar-refractivity contribution in [1.29, 1.82) is 0 Å². The summed E-state index contributed by atoms with van der Waals surface area (Å²) < 4.78 is 24.2. The van der Waals surface area contributed by atoms with Gasteiger partial charge in [-0.15, -0.1) is 0 Å². The van der Waals surface area contributed by atoms with Crippen molar-refractivity contribution in [3.63, 3.8) is 0 Å². The molecule has 0 saturated heterocycles. The Labute approximate surface area is 159 Å². The van der Waals surface area contributed by atoms with Crippen molar-refractivity contribution in [2.24, 2.45) is 0 Å². The number of hydrogen-bond acceptors (Lipinski definition) is 5. The lowest BCUT2D eigenvalue weighted by atomic mass is 10.1. The van der Waals surface area contributed by atoms with E-state index in [2.05, 4.69) is 15.6 Å². The zero-order valence-corrected chi connectivity index (χ0v) is 14.4. The molecule has 1 aliphatic rings. The number of ether oxygens (including phenoxy) is 2. The van der Waals surface area contributed by atoms with Gasteiger partial charge in [0.1, 0.15) is 5.82 Å². The molecule has 8 heteroatoms. The predicted molar refractivity (Wildman–Crippen MR) is 99.1 cm³/mol. The zero-order chi connectivity index (χ0) is 19.5. The molecule has 3 aromatic rings. The number of hydrogen-bond donors (Lipinski definition) is 2. The third-order valence-electron chi connectivity index (χ3n) is 4.02. The van der Waals surface area contributed by atoms with Crippen LogP contribution in [0.25, 0.3) is 0 Å². The molecular formula is C20H14FN3O4. The van der Waals surface area contributed by atoms with Crippen LogP contribution in [0.3, 0.4) is 0 Å². The Bertz CT molecular complexity index is 1070. The molecule has 0 atom stereocenters. The molecule has 2 N–H and O–H groups in total. The number of halogens is 1. The number of fused-ring (bicyclic) bond motifs is 1. The van der Waals surface area contributed by atoms with Crippen LogP contribution in [0.5, 0.6) is 11.5 Å². The lowest BCUT2D eigenvalue weighted by molar-refractivity contribution is 0.102. The van der Waals surface area contributed by atoms with Crippen LogP contribution in [0.1, 0.15) is 20.7 Å². The van der Waals surface area contributed by atoms with Crippen LogP contribution < -0.4 is 20.1 Å². The quantitative estimate of drug-likeness (QED) is 0.725. The van der Waals surface area contributed by atoms with Crippen molar-refractivity contribution in [3.8, 4) is 11.5 Å². The summed E-state index contributed by atoms with van der Waals surface area (Å²) in [5, 5.41) is 5.16. The molecule has 0 aliphatic carbocycles. The Morgan fingerprint density at radius 1 is 0.893 bits per heavy atom. The fraction of sp³-hybridized carbons (Fsp3) is 0.0500. The number of para-hydroxylation sites is 1. The first-order valence-corrected chi connectivity index (χ1v) is 8.32. The Morgan fingerprint density at radius 2 is 1.61 bits per heavy atom. The number of pyridine rings is 1. The highest BCUT2D eigenvalue weighted by atomic mass is 19.1. The number of anilines is 2. The SMILES string of the molecule is O=C(Nc1ccc2c(c1)OCO2)c1cncc(C(=O)Nc2ccccc2F)c1. The van der Waals surface area contributed by atoms with E-state index in [4.69, 9.17) is 9.47 Å². The summed E-state index contributed by atoms with van der Waals surface area (Å²) in [5.74, 6) is -0.442. The number of nitrogens with zero attached hydrogens (tertiary/aromatic N) is 1. The second kappa shape index (κ2) is 7.36. The second-order valence-electron chi connectivity index (χ2n) is 5.92. The first-order valence-electron chi connectivity index (χ1n) is 8.32. The number of rotatable bonds is 4. The maximum Gasteiger partial charge on any atom is 0.257 e. The van der Waals surface area contributed by atoms with E-state index >= 15 is 0 Å². The number of carbonyl (C=O) groups excluding carboxylic acids is 2. The Balaban J connectivity index is 1.49. The normalized spacial score (nSPS) is 11.8. The van der Waals surface area contributed by atoms with Crippen molar-refractivity contribution in [2.75, 3.05) is 17.4 Å². The zero-order valence-electron chi connectivity index (χ0n) is 14.4. The van der Waals surface area contributed by atoms with Gasteiger partial charge < -0.3 is 20.1 Å². The Kier molecular flexibility index (Phi) is 4.59. The molecule has 7 nitrogen and oxygen atoms in total. The van der Waals surface area contributed by atoms with Gasteiger partial charge in [-0.1, -0.05) is 12.1 Å². The number of aromatic nitrogens is 1. The largest absolute Gasteiger partial charge is 0.454 e. The van der Waals surface area contributed by atoms with Crippen LogP contribution in [-0.4, -0.2) is 23.6 Å². The van der Waals surface area contributed by atoms with E-state index in [1.165, 1.54) is 36.7 Å². The van der Waals surface area contributed by atoms with Crippen molar-refractivity contribution < 1.29 is 23.5 Å². The number of carbonyl (C=O) groups is 2. The monoisotopic (exact) mass is 379 g/mol. The van der Waals surface area contributed by atoms with Gasteiger partial charge in [-0.25, -0.2) is 4.39 Å². The summed E-state index contributed by atoms with van der Waals surface area (Å²) in [6.45, 7) is 0.135. The van der Waals surface area contributed by atoms with Gasteiger partial charge in [0, 0.05) is 24.1 Å². The molecule has 0 spiro atoms. The molecule has 0 unspecified atom stereocenters. The number of benzene rings is 2. The summed E-state index contributed by atoms with van der Waals surface area (Å²) in [4.78, 5) is 28.8. The van der Waals surface area contributed by atoms with Crippen LogP contribution in [-0.2, 0) is 0 Å². The van der Waals surface area contributed by atoms with Gasteiger partial charge in [0.25, 0.3) is 11.8 Å². The molecule has 2 aromatic carbocycles. The lowest BCUT2D eigenvalue weighted by Gasteiger charge is -2.08. The van der Waals surface area contributed by atoms with Gasteiger partial charge >= 0.3 is 0 Å². The Morgan fingerprint density at radius 3 is 2.39 bits per heavy atom. The smallest absolute Gasteiger partial charge is 0.257 e. The molecule has 1 aliphatic heterocycles. The van der Waals surface area contributed by atoms with E-state index in [-0.39, 0.29) is 23.6 Å². The molecular weight excluding hydrogens is 365 g/mol. The molecule has 2 amide bonds. The van der Waals surface area contributed by atoms with Gasteiger partial charge in [-0.05, 0) is 30.3 Å². The van der Waals surface area contributed by atoms with E-state index in [1.807, 2.05) is 0 Å². The molecule has 1 aromatic heterocycles. The van der Waals surface area contributed by atoms with Crippen LogP contribution in [0, 0.1) is 5.82 Å². The standard InChI is InChI=1S/C20H14FN3O4/c21-15-3-1-2-4-16(15)24-20(26)13-7-12(9-22-10-13)19(25)23-14-5-6-17-18(8-14)28-11-27-17/h1-10H,11H2,(H,23,25)(H,24,26). The van der Waals surface area contributed by atoms with Gasteiger partial charge in [0.2, 0.25) is 6.79 Å².